The van der Waals surface area contributed by atoms with E-state index in [0.717, 1.165) is 24.2 Å². The van der Waals surface area contributed by atoms with Crippen LogP contribution >= 0.6 is 0 Å². The van der Waals surface area contributed by atoms with Crippen LogP contribution in [-0.2, 0) is 4.84 Å². The summed E-state index contributed by atoms with van der Waals surface area (Å²) < 4.78 is 13.2. The van der Waals surface area contributed by atoms with Gasteiger partial charge in [0.15, 0.2) is 0 Å². The lowest BCUT2D eigenvalue weighted by atomic mass is 10.0. The minimum atomic E-state index is -0.219. The molecule has 3 heteroatoms. The van der Waals surface area contributed by atoms with Gasteiger partial charge in [-0.15, -0.1) is 0 Å². The van der Waals surface area contributed by atoms with Gasteiger partial charge in [0, 0.05) is 13.1 Å². The first-order valence-electron chi connectivity index (χ1n) is 7.55. The van der Waals surface area contributed by atoms with Crippen LogP contribution in [0.3, 0.4) is 0 Å². The zero-order valence-electron chi connectivity index (χ0n) is 12.0. The van der Waals surface area contributed by atoms with Crippen molar-refractivity contribution in [3.05, 3.63) is 71.5 Å². The van der Waals surface area contributed by atoms with Gasteiger partial charge >= 0.3 is 0 Å². The van der Waals surface area contributed by atoms with Crippen LogP contribution in [-0.4, -0.2) is 18.2 Å². The zero-order valence-corrected chi connectivity index (χ0v) is 12.0. The quantitative estimate of drug-likeness (QED) is 0.829. The Kier molecular flexibility index (Phi) is 4.63. The van der Waals surface area contributed by atoms with E-state index in [1.807, 2.05) is 23.3 Å². The number of hydroxylamine groups is 2. The van der Waals surface area contributed by atoms with Gasteiger partial charge in [0.25, 0.3) is 0 Å². The van der Waals surface area contributed by atoms with E-state index in [-0.39, 0.29) is 11.9 Å². The smallest absolute Gasteiger partial charge is 0.129 e. The van der Waals surface area contributed by atoms with Crippen LogP contribution in [0.4, 0.5) is 4.39 Å². The number of piperidine rings is 1. The molecule has 0 bridgehead atoms. The third kappa shape index (κ3) is 3.69. The molecule has 0 amide bonds. The molecule has 1 fully saturated rings. The molecule has 0 spiro atoms. The molecule has 0 aromatic heterocycles. The van der Waals surface area contributed by atoms with Crippen LogP contribution in [0.2, 0.25) is 0 Å². The molecule has 1 aliphatic heterocycles. The van der Waals surface area contributed by atoms with Crippen molar-refractivity contribution in [2.24, 2.45) is 0 Å². The Labute approximate surface area is 125 Å². The summed E-state index contributed by atoms with van der Waals surface area (Å²) in [5.41, 5.74) is 2.07. The zero-order chi connectivity index (χ0) is 14.5. The second kappa shape index (κ2) is 6.83. The molecule has 2 aromatic carbocycles. The summed E-state index contributed by atoms with van der Waals surface area (Å²) in [6.07, 6.45) is 3.44. The van der Waals surface area contributed by atoms with Gasteiger partial charge in [-0.05, 0) is 36.1 Å². The molecule has 2 nitrogen and oxygen atoms in total. The van der Waals surface area contributed by atoms with Crippen LogP contribution in [0, 0.1) is 5.82 Å². The lowest BCUT2D eigenvalue weighted by Gasteiger charge is -2.30. The van der Waals surface area contributed by atoms with Crippen molar-refractivity contribution in [1.82, 2.24) is 5.06 Å². The lowest BCUT2D eigenvalue weighted by Crippen LogP contribution is -2.31. The normalized spacial score (nSPS) is 17.6. The third-order valence-corrected chi connectivity index (χ3v) is 3.84. The van der Waals surface area contributed by atoms with Gasteiger partial charge in [0.2, 0.25) is 0 Å². The summed E-state index contributed by atoms with van der Waals surface area (Å²) in [5, 5.41) is 2.05. The van der Waals surface area contributed by atoms with E-state index < -0.39 is 0 Å². The van der Waals surface area contributed by atoms with Crippen LogP contribution in [0.15, 0.2) is 54.6 Å². The molecule has 21 heavy (non-hydrogen) atoms. The highest BCUT2D eigenvalue weighted by Crippen LogP contribution is 2.28. The molecule has 0 saturated carbocycles. The van der Waals surface area contributed by atoms with Gasteiger partial charge in [-0.25, -0.2) is 4.39 Å². The molecule has 110 valence electrons. The number of hydrogen-bond donors (Lipinski definition) is 0. The molecule has 0 N–H and O–H groups in total. The Balaban J connectivity index is 1.85. The van der Waals surface area contributed by atoms with Gasteiger partial charge in [0.1, 0.15) is 11.9 Å². The fourth-order valence-electron chi connectivity index (χ4n) is 2.70. The van der Waals surface area contributed by atoms with Crippen molar-refractivity contribution in [1.29, 1.82) is 0 Å². The number of rotatable bonds is 4. The molecular formula is C18H20FNO. The Bertz CT molecular complexity index is 549. The first kappa shape index (κ1) is 14.2. The summed E-state index contributed by atoms with van der Waals surface area (Å²) in [4.78, 5) is 6.21. The lowest BCUT2D eigenvalue weighted by molar-refractivity contribution is -0.196. The molecule has 1 saturated heterocycles. The predicted molar refractivity (Wildman–Crippen MR) is 81.2 cm³/mol. The van der Waals surface area contributed by atoms with Crippen molar-refractivity contribution in [2.75, 3.05) is 13.1 Å². The highest BCUT2D eigenvalue weighted by molar-refractivity contribution is 5.30. The fourth-order valence-corrected chi connectivity index (χ4v) is 2.70. The molecule has 1 atom stereocenters. The van der Waals surface area contributed by atoms with Crippen molar-refractivity contribution in [2.45, 2.75) is 25.4 Å². The predicted octanol–water partition coefficient (Wildman–Crippen LogP) is 4.33. The maximum atomic E-state index is 13.2. The van der Waals surface area contributed by atoms with E-state index in [1.54, 1.807) is 12.1 Å². The van der Waals surface area contributed by atoms with Crippen LogP contribution in [0.1, 0.15) is 36.5 Å². The second-order valence-electron chi connectivity index (χ2n) is 5.44. The van der Waals surface area contributed by atoms with Crippen LogP contribution in [0.25, 0.3) is 0 Å². The maximum Gasteiger partial charge on any atom is 0.129 e. The second-order valence-corrected chi connectivity index (χ2v) is 5.44. The molecule has 0 radical (unpaired) electrons. The number of halogens is 1. The Morgan fingerprint density at radius 1 is 0.810 bits per heavy atom. The van der Waals surface area contributed by atoms with Crippen LogP contribution in [0.5, 0.6) is 0 Å². The van der Waals surface area contributed by atoms with Gasteiger partial charge in [-0.1, -0.05) is 48.9 Å². The first-order chi connectivity index (χ1) is 10.3. The third-order valence-electron chi connectivity index (χ3n) is 3.84. The van der Waals surface area contributed by atoms with Gasteiger partial charge in [-0.2, -0.15) is 5.06 Å². The van der Waals surface area contributed by atoms with E-state index in [1.165, 1.54) is 31.4 Å². The van der Waals surface area contributed by atoms with E-state index in [2.05, 4.69) is 12.1 Å². The maximum absolute atomic E-state index is 13.2. The van der Waals surface area contributed by atoms with E-state index in [4.69, 9.17) is 4.84 Å². The topological polar surface area (TPSA) is 12.5 Å². The van der Waals surface area contributed by atoms with E-state index in [9.17, 15) is 4.39 Å². The number of benzene rings is 2. The number of hydrogen-bond acceptors (Lipinski definition) is 2. The highest BCUT2D eigenvalue weighted by Gasteiger charge is 2.20. The van der Waals surface area contributed by atoms with E-state index >= 15 is 0 Å². The minimum absolute atomic E-state index is 0.176. The Hall–Kier alpha value is -1.71. The summed E-state index contributed by atoms with van der Waals surface area (Å²) in [6.45, 7) is 1.93. The average Bonchev–Trinajstić information content (AvgIpc) is 2.55. The van der Waals surface area contributed by atoms with Crippen molar-refractivity contribution in [3.8, 4) is 0 Å². The molecule has 1 aliphatic rings. The highest BCUT2D eigenvalue weighted by atomic mass is 19.1. The number of nitrogens with zero attached hydrogens (tertiary/aromatic N) is 1. The monoisotopic (exact) mass is 285 g/mol. The van der Waals surface area contributed by atoms with Crippen molar-refractivity contribution < 1.29 is 9.23 Å². The SMILES string of the molecule is Fc1ccc(C(ON2CCCCC2)c2ccccc2)cc1. The summed E-state index contributed by atoms with van der Waals surface area (Å²) in [7, 11) is 0. The fraction of sp³-hybridized carbons (Fsp3) is 0.333. The Morgan fingerprint density at radius 3 is 2.10 bits per heavy atom. The molecule has 0 aliphatic carbocycles. The molecular weight excluding hydrogens is 265 g/mol. The standard InChI is InChI=1S/C18H20FNO/c19-17-11-9-16(10-12-17)18(15-7-3-1-4-8-15)21-20-13-5-2-6-14-20/h1,3-4,7-12,18H,2,5-6,13-14H2. The molecule has 1 unspecified atom stereocenters. The molecule has 1 heterocycles. The summed E-state index contributed by atoms with van der Waals surface area (Å²) >= 11 is 0. The average molecular weight is 285 g/mol. The van der Waals surface area contributed by atoms with Crippen molar-refractivity contribution in [3.63, 3.8) is 0 Å². The molecule has 3 rings (SSSR count). The summed E-state index contributed by atoms with van der Waals surface area (Å²) in [6, 6.07) is 16.7. The van der Waals surface area contributed by atoms with Crippen LogP contribution < -0.4 is 0 Å². The van der Waals surface area contributed by atoms with E-state index in [0.29, 0.717) is 0 Å². The van der Waals surface area contributed by atoms with Gasteiger partial charge in [-0.3, -0.25) is 4.84 Å². The molecule has 2 aromatic rings. The summed E-state index contributed by atoms with van der Waals surface area (Å²) in [5.74, 6) is -0.219. The largest absolute Gasteiger partial charge is 0.286 e. The van der Waals surface area contributed by atoms with Crippen molar-refractivity contribution >= 4 is 0 Å². The van der Waals surface area contributed by atoms with Gasteiger partial charge in [0.05, 0.1) is 0 Å². The van der Waals surface area contributed by atoms with Gasteiger partial charge < -0.3 is 0 Å². The Morgan fingerprint density at radius 2 is 1.43 bits per heavy atom. The minimum Gasteiger partial charge on any atom is -0.286 e. The first-order valence-corrected chi connectivity index (χ1v) is 7.55.